The molecule has 0 fully saturated rings. The predicted octanol–water partition coefficient (Wildman–Crippen LogP) is 1.09. The van der Waals surface area contributed by atoms with Gasteiger partial charge in [0.05, 0.1) is 5.92 Å². The first-order valence-corrected chi connectivity index (χ1v) is 5.58. The molecule has 10 heteroatoms. The van der Waals surface area contributed by atoms with Gasteiger partial charge in [0.1, 0.15) is 0 Å². The van der Waals surface area contributed by atoms with Crippen LogP contribution in [0.15, 0.2) is 0 Å². The minimum absolute atomic E-state index is 0.231. The Labute approximate surface area is 128 Å². The molecule has 0 radical (unpaired) electrons. The first-order chi connectivity index (χ1) is 9.57. The van der Waals surface area contributed by atoms with Crippen LogP contribution in [0.1, 0.15) is 41.5 Å². The molecular weight excluding hydrogens is 304 g/mol. The lowest BCUT2D eigenvalue weighted by Crippen LogP contribution is -2.03. The first kappa shape index (κ1) is 31.6. The Morgan fingerprint density at radius 1 is 0.545 bits per heavy atom. The number of rotatable bonds is 1. The average molecular weight is 328 g/mol. The van der Waals surface area contributed by atoms with Crippen LogP contribution in [0.2, 0.25) is 0 Å². The summed E-state index contributed by atoms with van der Waals surface area (Å²) in [6, 6.07) is 0. The molecule has 0 aliphatic rings. The number of carboxylic acids is 5. The molecule has 0 bridgehead atoms. The van der Waals surface area contributed by atoms with Crippen molar-refractivity contribution in [2.45, 2.75) is 41.5 Å². The Balaban J connectivity index is -0.0000000555. The molecule has 0 rings (SSSR count). The molecule has 0 aromatic heterocycles. The lowest BCUT2D eigenvalue weighted by atomic mass is 10.2. The molecule has 0 heterocycles. The molecular formula is C12H24O10. The number of hydrogen-bond acceptors (Lipinski definition) is 5. The average Bonchev–Trinajstić information content (AvgIpc) is 2.12. The minimum Gasteiger partial charge on any atom is -0.481 e. The summed E-state index contributed by atoms with van der Waals surface area (Å²) >= 11 is 0. The zero-order valence-corrected chi connectivity index (χ0v) is 13.4. The monoisotopic (exact) mass is 328 g/mol. The SMILES string of the molecule is CC(=O)O.CC(=O)O.CC(=O)O.CC(=O)O.CC(C)C(=O)O. The second kappa shape index (κ2) is 23.4. The van der Waals surface area contributed by atoms with Gasteiger partial charge in [0.15, 0.2) is 0 Å². The van der Waals surface area contributed by atoms with Crippen molar-refractivity contribution in [2.24, 2.45) is 5.92 Å². The maximum atomic E-state index is 9.70. The largest absolute Gasteiger partial charge is 0.481 e. The highest BCUT2D eigenvalue weighted by Gasteiger charge is 1.99. The predicted molar refractivity (Wildman–Crippen MR) is 75.7 cm³/mol. The third kappa shape index (κ3) is 2540. The van der Waals surface area contributed by atoms with Crippen LogP contribution in [0.25, 0.3) is 0 Å². The minimum atomic E-state index is -0.833. The smallest absolute Gasteiger partial charge is 0.305 e. The summed E-state index contributed by atoms with van der Waals surface area (Å²) in [5.74, 6) is -4.31. The normalized spacial score (nSPS) is 7.05. The number of aliphatic carboxylic acids is 5. The third-order valence-corrected chi connectivity index (χ3v) is 0.494. The molecule has 0 saturated carbocycles. The summed E-state index contributed by atoms with van der Waals surface area (Å²) in [6.45, 7) is 7.62. The molecule has 22 heavy (non-hydrogen) atoms. The molecule has 0 aliphatic carbocycles. The van der Waals surface area contributed by atoms with Crippen molar-refractivity contribution in [3.8, 4) is 0 Å². The molecule has 0 atom stereocenters. The van der Waals surface area contributed by atoms with E-state index >= 15 is 0 Å². The van der Waals surface area contributed by atoms with Gasteiger partial charge in [-0.3, -0.25) is 24.0 Å². The van der Waals surface area contributed by atoms with E-state index in [1.807, 2.05) is 0 Å². The molecule has 0 spiro atoms. The van der Waals surface area contributed by atoms with Crippen molar-refractivity contribution in [2.75, 3.05) is 0 Å². The fraction of sp³-hybridized carbons (Fsp3) is 0.583. The van der Waals surface area contributed by atoms with Gasteiger partial charge in [-0.25, -0.2) is 0 Å². The van der Waals surface area contributed by atoms with E-state index in [1.165, 1.54) is 0 Å². The molecule has 0 aromatic rings. The molecule has 10 nitrogen and oxygen atoms in total. The van der Waals surface area contributed by atoms with E-state index in [2.05, 4.69) is 0 Å². The Morgan fingerprint density at radius 2 is 0.591 bits per heavy atom. The quantitative estimate of drug-likeness (QED) is 0.466. The van der Waals surface area contributed by atoms with Crippen LogP contribution in [0.4, 0.5) is 0 Å². The number of carboxylic acid groups (broad SMARTS) is 5. The van der Waals surface area contributed by atoms with Crippen LogP contribution in [0.5, 0.6) is 0 Å². The van der Waals surface area contributed by atoms with Crippen molar-refractivity contribution in [1.29, 1.82) is 0 Å². The molecule has 0 aliphatic heterocycles. The van der Waals surface area contributed by atoms with E-state index in [-0.39, 0.29) is 5.92 Å². The van der Waals surface area contributed by atoms with Gasteiger partial charge in [0.25, 0.3) is 23.9 Å². The Bertz CT molecular complexity index is 269. The van der Waals surface area contributed by atoms with Crippen LogP contribution in [0.3, 0.4) is 0 Å². The summed E-state index contributed by atoms with van der Waals surface area (Å²) in [6.07, 6.45) is 0. The van der Waals surface area contributed by atoms with Crippen molar-refractivity contribution >= 4 is 29.8 Å². The second-order valence-corrected chi connectivity index (χ2v) is 3.57. The van der Waals surface area contributed by atoms with Crippen molar-refractivity contribution in [3.05, 3.63) is 0 Å². The van der Waals surface area contributed by atoms with Crippen molar-refractivity contribution in [1.82, 2.24) is 0 Å². The Hall–Kier alpha value is -2.65. The molecule has 0 amide bonds. The van der Waals surface area contributed by atoms with E-state index in [4.69, 9.17) is 44.7 Å². The zero-order chi connectivity index (χ0) is 19.5. The van der Waals surface area contributed by atoms with Gasteiger partial charge in [-0.05, 0) is 0 Å². The summed E-state index contributed by atoms with van der Waals surface area (Å²) in [5.41, 5.74) is 0. The fourth-order valence-electron chi connectivity index (χ4n) is 0. The van der Waals surface area contributed by atoms with E-state index in [0.29, 0.717) is 0 Å². The van der Waals surface area contributed by atoms with Gasteiger partial charge in [0.2, 0.25) is 0 Å². The van der Waals surface area contributed by atoms with Crippen molar-refractivity contribution in [3.63, 3.8) is 0 Å². The highest BCUT2D eigenvalue weighted by Crippen LogP contribution is 1.87. The van der Waals surface area contributed by atoms with E-state index in [9.17, 15) is 4.79 Å². The third-order valence-electron chi connectivity index (χ3n) is 0.494. The van der Waals surface area contributed by atoms with Crippen LogP contribution < -0.4 is 0 Å². The highest BCUT2D eigenvalue weighted by atomic mass is 16.4. The van der Waals surface area contributed by atoms with Crippen LogP contribution >= 0.6 is 0 Å². The Kier molecular flexibility index (Phi) is 33.7. The van der Waals surface area contributed by atoms with Gasteiger partial charge >= 0.3 is 5.97 Å². The maximum Gasteiger partial charge on any atom is 0.305 e. The number of carbonyl (C=O) groups is 5. The maximum absolute atomic E-state index is 9.70. The molecule has 5 N–H and O–H groups in total. The van der Waals surface area contributed by atoms with Crippen LogP contribution in [-0.2, 0) is 24.0 Å². The summed E-state index contributed by atoms with van der Waals surface area (Å²) in [4.78, 5) is 45.7. The topological polar surface area (TPSA) is 186 Å². The zero-order valence-electron chi connectivity index (χ0n) is 13.4. The lowest BCUT2D eigenvalue weighted by Gasteiger charge is -1.89. The second-order valence-electron chi connectivity index (χ2n) is 3.57. The van der Waals surface area contributed by atoms with Gasteiger partial charge in [-0.2, -0.15) is 0 Å². The molecule has 0 saturated heterocycles. The fourth-order valence-corrected chi connectivity index (χ4v) is 0. The van der Waals surface area contributed by atoms with E-state index in [0.717, 1.165) is 27.7 Å². The van der Waals surface area contributed by atoms with Crippen LogP contribution in [-0.4, -0.2) is 55.4 Å². The summed E-state index contributed by atoms with van der Waals surface area (Å²) in [7, 11) is 0. The summed E-state index contributed by atoms with van der Waals surface area (Å²) in [5, 5.41) is 37.7. The van der Waals surface area contributed by atoms with Crippen LogP contribution in [0, 0.1) is 5.92 Å². The van der Waals surface area contributed by atoms with Gasteiger partial charge < -0.3 is 25.5 Å². The first-order valence-electron chi connectivity index (χ1n) is 5.58. The van der Waals surface area contributed by atoms with E-state index in [1.54, 1.807) is 13.8 Å². The molecule has 0 unspecified atom stereocenters. The molecule has 0 aromatic carbocycles. The lowest BCUT2D eigenvalue weighted by molar-refractivity contribution is -0.140. The van der Waals surface area contributed by atoms with Gasteiger partial charge in [0, 0.05) is 27.7 Å². The van der Waals surface area contributed by atoms with E-state index < -0.39 is 29.8 Å². The van der Waals surface area contributed by atoms with Crippen molar-refractivity contribution < 1.29 is 49.5 Å². The van der Waals surface area contributed by atoms with Gasteiger partial charge in [-0.15, -0.1) is 0 Å². The number of hydrogen-bond donors (Lipinski definition) is 5. The Morgan fingerprint density at radius 3 is 0.591 bits per heavy atom. The standard InChI is InChI=1S/C4H8O2.4C2H4O2/c1-3(2)4(5)6;4*1-2(3)4/h3H,1-2H3,(H,5,6);4*1H3,(H,3,4). The van der Waals surface area contributed by atoms with Gasteiger partial charge in [-0.1, -0.05) is 13.8 Å². The highest BCUT2D eigenvalue weighted by molar-refractivity contribution is 5.68. The molecule has 132 valence electrons. The summed E-state index contributed by atoms with van der Waals surface area (Å²) < 4.78 is 0.